The van der Waals surface area contributed by atoms with E-state index in [4.69, 9.17) is 0 Å². The maximum atomic E-state index is 13.3. The SMILES string of the molecule is CN(C)C(=O)C1CNCCN1S(=O)(=O)c1cccc(F)c1. The van der Waals surface area contributed by atoms with Crippen LogP contribution in [-0.4, -0.2) is 63.3 Å². The first kappa shape index (κ1) is 15.9. The van der Waals surface area contributed by atoms with Crippen LogP contribution in [0.1, 0.15) is 0 Å². The zero-order valence-corrected chi connectivity index (χ0v) is 12.7. The van der Waals surface area contributed by atoms with Crippen LogP contribution in [0.2, 0.25) is 0 Å². The van der Waals surface area contributed by atoms with E-state index in [0.717, 1.165) is 10.4 Å². The van der Waals surface area contributed by atoms with E-state index >= 15 is 0 Å². The van der Waals surface area contributed by atoms with Crippen LogP contribution in [0, 0.1) is 5.82 Å². The Balaban J connectivity index is 2.38. The molecular weight excluding hydrogens is 297 g/mol. The number of carbonyl (C=O) groups is 1. The molecular formula is C13H18FN3O3S. The summed E-state index contributed by atoms with van der Waals surface area (Å²) in [5.41, 5.74) is 0. The molecule has 1 amide bonds. The molecule has 1 heterocycles. The molecule has 2 rings (SSSR count). The Labute approximate surface area is 123 Å². The summed E-state index contributed by atoms with van der Waals surface area (Å²) < 4.78 is 39.7. The van der Waals surface area contributed by atoms with E-state index in [1.165, 1.54) is 23.1 Å². The first-order valence-corrected chi connectivity index (χ1v) is 7.97. The molecule has 6 nitrogen and oxygen atoms in total. The number of hydrogen-bond acceptors (Lipinski definition) is 4. The lowest BCUT2D eigenvalue weighted by Crippen LogP contribution is -2.59. The molecule has 1 aliphatic rings. The number of likely N-dealkylation sites (N-methyl/N-ethyl adjacent to an activating group) is 1. The van der Waals surface area contributed by atoms with Gasteiger partial charge in [0, 0.05) is 33.7 Å². The highest BCUT2D eigenvalue weighted by molar-refractivity contribution is 7.89. The van der Waals surface area contributed by atoms with Gasteiger partial charge in [0.25, 0.3) is 0 Å². The molecule has 1 saturated heterocycles. The van der Waals surface area contributed by atoms with E-state index < -0.39 is 21.9 Å². The molecule has 1 N–H and O–H groups in total. The second-order valence-corrected chi connectivity index (χ2v) is 6.92. The largest absolute Gasteiger partial charge is 0.347 e. The van der Waals surface area contributed by atoms with Crippen molar-refractivity contribution < 1.29 is 17.6 Å². The van der Waals surface area contributed by atoms with Crippen molar-refractivity contribution in [1.29, 1.82) is 0 Å². The van der Waals surface area contributed by atoms with Crippen LogP contribution >= 0.6 is 0 Å². The smallest absolute Gasteiger partial charge is 0.243 e. The predicted molar refractivity (Wildman–Crippen MR) is 75.6 cm³/mol. The van der Waals surface area contributed by atoms with Gasteiger partial charge in [0.2, 0.25) is 15.9 Å². The fourth-order valence-electron chi connectivity index (χ4n) is 2.24. The van der Waals surface area contributed by atoms with Crippen molar-refractivity contribution in [2.24, 2.45) is 0 Å². The van der Waals surface area contributed by atoms with Gasteiger partial charge in [-0.15, -0.1) is 0 Å². The Morgan fingerprint density at radius 3 is 2.76 bits per heavy atom. The molecule has 8 heteroatoms. The number of benzene rings is 1. The highest BCUT2D eigenvalue weighted by Gasteiger charge is 2.38. The van der Waals surface area contributed by atoms with Crippen molar-refractivity contribution in [3.63, 3.8) is 0 Å². The maximum absolute atomic E-state index is 13.3. The lowest BCUT2D eigenvalue weighted by atomic mass is 10.2. The van der Waals surface area contributed by atoms with Crippen molar-refractivity contribution in [2.75, 3.05) is 33.7 Å². The number of nitrogens with zero attached hydrogens (tertiary/aromatic N) is 2. The van der Waals surface area contributed by atoms with E-state index in [2.05, 4.69) is 5.32 Å². The molecule has 116 valence electrons. The monoisotopic (exact) mass is 315 g/mol. The van der Waals surface area contributed by atoms with E-state index in [1.807, 2.05) is 0 Å². The summed E-state index contributed by atoms with van der Waals surface area (Å²) in [4.78, 5) is 13.4. The minimum atomic E-state index is -3.91. The summed E-state index contributed by atoms with van der Waals surface area (Å²) in [6, 6.07) is 4.00. The second-order valence-electron chi connectivity index (χ2n) is 5.03. The fraction of sp³-hybridized carbons (Fsp3) is 0.462. The van der Waals surface area contributed by atoms with Gasteiger partial charge < -0.3 is 10.2 Å². The first-order chi connectivity index (χ1) is 9.84. The average molecular weight is 315 g/mol. The van der Waals surface area contributed by atoms with E-state index in [0.29, 0.717) is 6.54 Å². The molecule has 0 radical (unpaired) electrons. The van der Waals surface area contributed by atoms with Crippen molar-refractivity contribution in [3.05, 3.63) is 30.1 Å². The third kappa shape index (κ3) is 3.22. The predicted octanol–water partition coefficient (Wildman–Crippen LogP) is -0.124. The second kappa shape index (κ2) is 6.08. The molecule has 1 aromatic carbocycles. The molecule has 0 aliphatic carbocycles. The Morgan fingerprint density at radius 1 is 1.43 bits per heavy atom. The average Bonchev–Trinajstić information content (AvgIpc) is 2.46. The fourth-order valence-corrected chi connectivity index (χ4v) is 3.86. The van der Waals surface area contributed by atoms with E-state index in [-0.39, 0.29) is 23.9 Å². The molecule has 0 bridgehead atoms. The van der Waals surface area contributed by atoms with Gasteiger partial charge in [0.05, 0.1) is 4.90 Å². The van der Waals surface area contributed by atoms with Crippen LogP contribution in [-0.2, 0) is 14.8 Å². The quantitative estimate of drug-likeness (QED) is 0.844. The maximum Gasteiger partial charge on any atom is 0.243 e. The summed E-state index contributed by atoms with van der Waals surface area (Å²) in [6.45, 7) is 0.862. The Morgan fingerprint density at radius 2 is 2.14 bits per heavy atom. The van der Waals surface area contributed by atoms with Crippen LogP contribution in [0.15, 0.2) is 29.2 Å². The molecule has 0 spiro atoms. The number of hydrogen-bond donors (Lipinski definition) is 1. The number of sulfonamides is 1. The summed E-state index contributed by atoms with van der Waals surface area (Å²) in [6.07, 6.45) is 0. The Kier molecular flexibility index (Phi) is 4.60. The summed E-state index contributed by atoms with van der Waals surface area (Å²) in [7, 11) is -0.760. The van der Waals surface area contributed by atoms with Crippen LogP contribution < -0.4 is 5.32 Å². The van der Waals surface area contributed by atoms with E-state index in [1.54, 1.807) is 14.1 Å². The van der Waals surface area contributed by atoms with Gasteiger partial charge in [0.1, 0.15) is 11.9 Å². The normalized spacial score (nSPS) is 20.2. The van der Waals surface area contributed by atoms with Gasteiger partial charge in [-0.25, -0.2) is 12.8 Å². The molecule has 0 aromatic heterocycles. The minimum absolute atomic E-state index is 0.138. The van der Waals surface area contributed by atoms with Crippen molar-refractivity contribution in [2.45, 2.75) is 10.9 Å². The first-order valence-electron chi connectivity index (χ1n) is 6.53. The standard InChI is InChI=1S/C13H18FN3O3S/c1-16(2)13(18)12-9-15-6-7-17(12)21(19,20)11-5-3-4-10(14)8-11/h3-5,8,12,15H,6-7,9H2,1-2H3. The molecule has 1 fully saturated rings. The van der Waals surface area contributed by atoms with Crippen LogP contribution in [0.3, 0.4) is 0 Å². The third-order valence-electron chi connectivity index (χ3n) is 3.32. The highest BCUT2D eigenvalue weighted by Crippen LogP contribution is 2.20. The van der Waals surface area contributed by atoms with Gasteiger partial charge >= 0.3 is 0 Å². The number of carbonyl (C=O) groups excluding carboxylic acids is 1. The number of piperazine rings is 1. The number of nitrogens with one attached hydrogen (secondary N) is 1. The summed E-state index contributed by atoms with van der Waals surface area (Å²) >= 11 is 0. The number of rotatable bonds is 3. The molecule has 1 aliphatic heterocycles. The highest BCUT2D eigenvalue weighted by atomic mass is 32.2. The van der Waals surface area contributed by atoms with Crippen molar-refractivity contribution in [3.8, 4) is 0 Å². The topological polar surface area (TPSA) is 69.7 Å². The van der Waals surface area contributed by atoms with Gasteiger partial charge in [-0.2, -0.15) is 4.31 Å². The van der Waals surface area contributed by atoms with Crippen molar-refractivity contribution >= 4 is 15.9 Å². The number of amides is 1. The zero-order valence-electron chi connectivity index (χ0n) is 11.9. The lowest BCUT2D eigenvalue weighted by molar-refractivity contribution is -0.133. The Hall–Kier alpha value is -1.51. The summed E-state index contributed by atoms with van der Waals surface area (Å²) in [5.74, 6) is -0.927. The molecule has 0 saturated carbocycles. The third-order valence-corrected chi connectivity index (χ3v) is 5.23. The van der Waals surface area contributed by atoms with Crippen LogP contribution in [0.4, 0.5) is 4.39 Å². The van der Waals surface area contributed by atoms with Crippen molar-refractivity contribution in [1.82, 2.24) is 14.5 Å². The van der Waals surface area contributed by atoms with Gasteiger partial charge in [-0.1, -0.05) is 6.07 Å². The molecule has 1 unspecified atom stereocenters. The molecule has 21 heavy (non-hydrogen) atoms. The zero-order chi connectivity index (χ0) is 15.6. The van der Waals surface area contributed by atoms with Crippen LogP contribution in [0.5, 0.6) is 0 Å². The lowest BCUT2D eigenvalue weighted by Gasteiger charge is -2.35. The van der Waals surface area contributed by atoms with Gasteiger partial charge in [-0.3, -0.25) is 4.79 Å². The van der Waals surface area contributed by atoms with E-state index in [9.17, 15) is 17.6 Å². The van der Waals surface area contributed by atoms with Crippen LogP contribution in [0.25, 0.3) is 0 Å². The van der Waals surface area contributed by atoms with Gasteiger partial charge in [0.15, 0.2) is 0 Å². The molecule has 1 aromatic rings. The number of halogens is 1. The summed E-state index contributed by atoms with van der Waals surface area (Å²) in [5, 5.41) is 3.01. The molecule has 1 atom stereocenters. The van der Waals surface area contributed by atoms with Gasteiger partial charge in [-0.05, 0) is 18.2 Å². The minimum Gasteiger partial charge on any atom is -0.347 e. The Bertz CT molecular complexity index is 633.